The molecule has 4 aromatic rings. The number of nitrogens with one attached hydrogen (secondary N) is 2. The highest BCUT2D eigenvalue weighted by atomic mass is 19.1. The molecule has 172 valence electrons. The molecular weight excluding hydrogens is 431 g/mol. The Kier molecular flexibility index (Phi) is 5.03. The first-order valence-electron chi connectivity index (χ1n) is 11.6. The molecule has 8 heteroatoms. The number of rotatable bonds is 6. The first kappa shape index (κ1) is 20.8. The molecule has 1 fully saturated rings. The maximum atomic E-state index is 14.4. The SMILES string of the molecule is C=CCn1c(=O)c2cnc(Nc3ccc4c(c3)CCNC4)nc2n1-c1ccc(F)c(C2CC2)c1. The van der Waals surface area contributed by atoms with Crippen molar-refractivity contribution in [3.63, 3.8) is 0 Å². The third-order valence-electron chi connectivity index (χ3n) is 6.57. The van der Waals surface area contributed by atoms with Crippen molar-refractivity contribution in [3.8, 4) is 5.69 Å². The van der Waals surface area contributed by atoms with Crippen LogP contribution in [0.3, 0.4) is 0 Å². The first-order chi connectivity index (χ1) is 16.6. The van der Waals surface area contributed by atoms with Crippen molar-refractivity contribution in [1.29, 1.82) is 0 Å². The van der Waals surface area contributed by atoms with Crippen molar-refractivity contribution in [2.75, 3.05) is 11.9 Å². The Bertz CT molecular complexity index is 1480. The van der Waals surface area contributed by atoms with Gasteiger partial charge in [0.25, 0.3) is 5.56 Å². The predicted octanol–water partition coefficient (Wildman–Crippen LogP) is 4.17. The quantitative estimate of drug-likeness (QED) is 0.426. The molecule has 0 spiro atoms. The van der Waals surface area contributed by atoms with Crippen molar-refractivity contribution in [3.05, 3.63) is 88.1 Å². The lowest BCUT2D eigenvalue weighted by Gasteiger charge is -2.18. The zero-order chi connectivity index (χ0) is 23.2. The number of allylic oxidation sites excluding steroid dienone is 1. The van der Waals surface area contributed by atoms with Gasteiger partial charge >= 0.3 is 0 Å². The van der Waals surface area contributed by atoms with Crippen molar-refractivity contribution >= 4 is 22.7 Å². The second kappa shape index (κ2) is 8.22. The fourth-order valence-corrected chi connectivity index (χ4v) is 4.69. The topological polar surface area (TPSA) is 76.8 Å². The van der Waals surface area contributed by atoms with E-state index < -0.39 is 0 Å². The third-order valence-corrected chi connectivity index (χ3v) is 6.57. The van der Waals surface area contributed by atoms with E-state index in [9.17, 15) is 9.18 Å². The number of hydrogen-bond acceptors (Lipinski definition) is 5. The molecule has 6 rings (SSSR count). The van der Waals surface area contributed by atoms with Crippen LogP contribution in [0.1, 0.15) is 35.4 Å². The van der Waals surface area contributed by atoms with E-state index in [1.54, 1.807) is 27.7 Å². The smallest absolute Gasteiger partial charge is 0.278 e. The molecule has 0 bridgehead atoms. The Morgan fingerprint density at radius 2 is 2.09 bits per heavy atom. The lowest BCUT2D eigenvalue weighted by molar-refractivity contribution is 0.594. The van der Waals surface area contributed by atoms with Crippen molar-refractivity contribution < 1.29 is 4.39 Å². The second-order valence-corrected chi connectivity index (χ2v) is 8.93. The van der Waals surface area contributed by atoms with E-state index in [1.807, 2.05) is 12.1 Å². The van der Waals surface area contributed by atoms with Crippen LogP contribution in [-0.2, 0) is 19.5 Å². The number of fused-ring (bicyclic) bond motifs is 2. The van der Waals surface area contributed by atoms with Gasteiger partial charge in [-0.05, 0) is 78.7 Å². The van der Waals surface area contributed by atoms with Gasteiger partial charge in [-0.3, -0.25) is 4.79 Å². The zero-order valence-electron chi connectivity index (χ0n) is 18.7. The highest BCUT2D eigenvalue weighted by Gasteiger charge is 2.27. The maximum Gasteiger partial charge on any atom is 0.278 e. The molecule has 0 saturated heterocycles. The van der Waals surface area contributed by atoms with Gasteiger partial charge in [-0.25, -0.2) is 18.7 Å². The van der Waals surface area contributed by atoms with E-state index in [0.29, 0.717) is 34.8 Å². The average molecular weight is 457 g/mol. The summed E-state index contributed by atoms with van der Waals surface area (Å²) in [4.78, 5) is 22.3. The van der Waals surface area contributed by atoms with Crippen molar-refractivity contribution in [2.45, 2.75) is 38.3 Å². The Balaban J connectivity index is 1.46. The molecule has 0 unspecified atom stereocenters. The lowest BCUT2D eigenvalue weighted by Crippen LogP contribution is -2.23. The standard InChI is InChI=1S/C26H25FN6O/c1-2-11-32-25(34)22-15-29-26(30-19-6-5-18-14-28-10-9-17(18)12-19)31-24(22)33(32)20-7-8-23(27)21(13-20)16-3-4-16/h2,5-8,12-13,15-16,28H,1,3-4,9-11,14H2,(H,29,30,31). The van der Waals surface area contributed by atoms with Crippen LogP contribution in [0.4, 0.5) is 16.0 Å². The monoisotopic (exact) mass is 456 g/mol. The first-order valence-corrected chi connectivity index (χ1v) is 11.6. The Morgan fingerprint density at radius 1 is 1.21 bits per heavy atom. The fourth-order valence-electron chi connectivity index (χ4n) is 4.69. The highest BCUT2D eigenvalue weighted by Crippen LogP contribution is 2.42. The lowest BCUT2D eigenvalue weighted by atomic mass is 10.0. The largest absolute Gasteiger partial charge is 0.324 e. The number of aromatic nitrogens is 4. The summed E-state index contributed by atoms with van der Waals surface area (Å²) in [6.07, 6.45) is 6.16. The van der Waals surface area contributed by atoms with Crippen molar-refractivity contribution in [1.82, 2.24) is 24.6 Å². The molecule has 2 N–H and O–H groups in total. The minimum Gasteiger partial charge on any atom is -0.324 e. The summed E-state index contributed by atoms with van der Waals surface area (Å²) < 4.78 is 17.7. The predicted molar refractivity (Wildman–Crippen MR) is 130 cm³/mol. The number of halogens is 1. The molecular formula is C26H25FN6O. The van der Waals surface area contributed by atoms with Crippen LogP contribution in [0.15, 0.2) is 60.0 Å². The summed E-state index contributed by atoms with van der Waals surface area (Å²) in [5.74, 6) is 0.433. The van der Waals surface area contributed by atoms with Gasteiger partial charge < -0.3 is 10.6 Å². The summed E-state index contributed by atoms with van der Waals surface area (Å²) >= 11 is 0. The Labute approximate surface area is 195 Å². The van der Waals surface area contributed by atoms with Crippen molar-refractivity contribution in [2.24, 2.45) is 0 Å². The molecule has 7 nitrogen and oxygen atoms in total. The van der Waals surface area contributed by atoms with E-state index in [2.05, 4.69) is 34.3 Å². The van der Waals surface area contributed by atoms with Crippen LogP contribution in [0.5, 0.6) is 0 Å². The van der Waals surface area contributed by atoms with Crippen LogP contribution in [-0.4, -0.2) is 25.9 Å². The van der Waals surface area contributed by atoms with Gasteiger partial charge in [-0.15, -0.1) is 6.58 Å². The van der Waals surface area contributed by atoms with E-state index in [1.165, 1.54) is 17.2 Å². The Morgan fingerprint density at radius 3 is 2.91 bits per heavy atom. The van der Waals surface area contributed by atoms with Crippen LogP contribution >= 0.6 is 0 Å². The van der Waals surface area contributed by atoms with E-state index in [-0.39, 0.29) is 17.3 Å². The normalized spacial score (nSPS) is 15.3. The summed E-state index contributed by atoms with van der Waals surface area (Å²) in [6.45, 7) is 5.93. The molecule has 2 aromatic carbocycles. The summed E-state index contributed by atoms with van der Waals surface area (Å²) in [5.41, 5.74) is 5.15. The van der Waals surface area contributed by atoms with Crippen LogP contribution in [0, 0.1) is 5.82 Å². The zero-order valence-corrected chi connectivity index (χ0v) is 18.7. The van der Waals surface area contributed by atoms with E-state index in [4.69, 9.17) is 4.98 Å². The van der Waals surface area contributed by atoms with Crippen LogP contribution in [0.25, 0.3) is 16.7 Å². The molecule has 2 aromatic heterocycles. The third kappa shape index (κ3) is 3.60. The molecule has 1 aliphatic heterocycles. The van der Waals surface area contributed by atoms with Gasteiger partial charge in [-0.1, -0.05) is 12.1 Å². The van der Waals surface area contributed by atoms with Gasteiger partial charge in [0.2, 0.25) is 5.95 Å². The molecule has 1 saturated carbocycles. The minimum absolute atomic E-state index is 0.208. The molecule has 1 aliphatic carbocycles. The average Bonchev–Trinajstić information content (AvgIpc) is 3.66. The number of benzene rings is 2. The van der Waals surface area contributed by atoms with Gasteiger partial charge in [0.05, 0.1) is 12.2 Å². The number of nitrogens with zero attached hydrogens (tertiary/aromatic N) is 4. The van der Waals surface area contributed by atoms with Crippen LogP contribution < -0.4 is 16.2 Å². The molecule has 3 heterocycles. The minimum atomic E-state index is -0.208. The fraction of sp³-hybridized carbons (Fsp3) is 0.269. The summed E-state index contributed by atoms with van der Waals surface area (Å²) in [5, 5.41) is 7.07. The number of anilines is 2. The van der Waals surface area contributed by atoms with Gasteiger partial charge in [0.1, 0.15) is 11.2 Å². The van der Waals surface area contributed by atoms with Gasteiger partial charge in [0.15, 0.2) is 5.65 Å². The second-order valence-electron chi connectivity index (χ2n) is 8.93. The highest BCUT2D eigenvalue weighted by molar-refractivity contribution is 5.77. The summed E-state index contributed by atoms with van der Waals surface area (Å²) in [6, 6.07) is 11.2. The molecule has 0 radical (unpaired) electrons. The molecule has 0 amide bonds. The number of hydrogen-bond donors (Lipinski definition) is 2. The summed E-state index contributed by atoms with van der Waals surface area (Å²) in [7, 11) is 0. The van der Waals surface area contributed by atoms with Gasteiger partial charge in [0, 0.05) is 18.4 Å². The molecule has 2 aliphatic rings. The van der Waals surface area contributed by atoms with Crippen LogP contribution in [0.2, 0.25) is 0 Å². The Hall–Kier alpha value is -3.78. The molecule has 0 atom stereocenters. The van der Waals surface area contributed by atoms with Gasteiger partial charge in [-0.2, -0.15) is 4.98 Å². The maximum absolute atomic E-state index is 14.4. The van der Waals surface area contributed by atoms with E-state index >= 15 is 0 Å². The molecule has 34 heavy (non-hydrogen) atoms. The van der Waals surface area contributed by atoms with E-state index in [0.717, 1.165) is 38.0 Å².